The first-order chi connectivity index (χ1) is 14.2. The first-order valence-electron chi connectivity index (χ1n) is 9.76. The van der Waals surface area contributed by atoms with Gasteiger partial charge in [0.15, 0.2) is 5.78 Å². The van der Waals surface area contributed by atoms with Crippen molar-refractivity contribution >= 4 is 29.0 Å². The fourth-order valence-electron chi connectivity index (χ4n) is 4.37. The number of halogens is 1. The van der Waals surface area contributed by atoms with Crippen LogP contribution in [-0.2, 0) is 0 Å². The fraction of sp³-hybridized carbons (Fsp3) is 0.364. The zero-order valence-electron chi connectivity index (χ0n) is 16.7. The lowest BCUT2D eigenvalue weighted by atomic mass is 9.81. The minimum atomic E-state index is -0.631. The second kappa shape index (κ2) is 7.40. The van der Waals surface area contributed by atoms with Gasteiger partial charge >= 0.3 is 0 Å². The van der Waals surface area contributed by atoms with Gasteiger partial charge in [-0.05, 0) is 37.1 Å². The monoisotopic (exact) mass is 428 g/mol. The molecule has 2 heterocycles. The zero-order valence-corrected chi connectivity index (χ0v) is 17.5. The lowest BCUT2D eigenvalue weighted by molar-refractivity contribution is -0.384. The van der Waals surface area contributed by atoms with Crippen LogP contribution in [0, 0.1) is 24.0 Å². The molecule has 2 aliphatic rings. The van der Waals surface area contributed by atoms with Crippen molar-refractivity contribution in [3.63, 3.8) is 0 Å². The number of hydrogen-bond acceptors (Lipinski definition) is 5. The molecule has 2 aromatic carbocycles. The molecule has 0 aromatic heterocycles. The van der Waals surface area contributed by atoms with E-state index in [0.717, 1.165) is 11.1 Å². The van der Waals surface area contributed by atoms with Crippen LogP contribution in [-0.4, -0.2) is 40.2 Å². The summed E-state index contributed by atoms with van der Waals surface area (Å²) in [6.07, 6.45) is 1.29. The van der Waals surface area contributed by atoms with Gasteiger partial charge in [0.05, 0.1) is 27.5 Å². The van der Waals surface area contributed by atoms with Gasteiger partial charge in [0, 0.05) is 38.1 Å². The van der Waals surface area contributed by atoms with E-state index in [-0.39, 0.29) is 34.4 Å². The molecule has 4 rings (SSSR count). The van der Waals surface area contributed by atoms with E-state index >= 15 is 0 Å². The number of carbonyl (C=O) groups excluding carboxylic acids is 2. The molecule has 0 N–H and O–H groups in total. The number of rotatable bonds is 2. The number of hydrogen-bond donors (Lipinski definition) is 0. The highest BCUT2D eigenvalue weighted by Crippen LogP contribution is 2.41. The largest absolute Gasteiger partial charge is 0.486 e. The number of nitro groups is 1. The Morgan fingerprint density at radius 1 is 1.20 bits per heavy atom. The first kappa shape index (κ1) is 20.3. The van der Waals surface area contributed by atoms with Gasteiger partial charge < -0.3 is 9.64 Å². The van der Waals surface area contributed by atoms with Gasteiger partial charge in [-0.3, -0.25) is 19.7 Å². The van der Waals surface area contributed by atoms with Crippen molar-refractivity contribution in [1.29, 1.82) is 0 Å². The second-order valence-corrected chi connectivity index (χ2v) is 8.46. The van der Waals surface area contributed by atoms with Gasteiger partial charge in [-0.15, -0.1) is 0 Å². The van der Waals surface area contributed by atoms with Gasteiger partial charge in [0.1, 0.15) is 11.4 Å². The highest BCUT2D eigenvalue weighted by Gasteiger charge is 2.44. The second-order valence-electron chi connectivity index (χ2n) is 8.05. The maximum absolute atomic E-state index is 12.9. The predicted molar refractivity (Wildman–Crippen MR) is 111 cm³/mol. The zero-order chi connectivity index (χ0) is 21.6. The number of Topliss-reactive ketones (excluding diaryl/α,β-unsaturated/α-hetero) is 1. The molecule has 1 spiro atoms. The van der Waals surface area contributed by atoms with Crippen LogP contribution in [0.2, 0.25) is 5.02 Å². The third kappa shape index (κ3) is 3.54. The summed E-state index contributed by atoms with van der Waals surface area (Å²) >= 11 is 6.12. The predicted octanol–water partition coefficient (Wildman–Crippen LogP) is 4.51. The summed E-state index contributed by atoms with van der Waals surface area (Å²) in [5.41, 5.74) is 1.89. The molecular formula is C22H21ClN2O5. The number of nitrogens with zero attached hydrogens (tertiary/aromatic N) is 2. The summed E-state index contributed by atoms with van der Waals surface area (Å²) in [6, 6.07) is 7.71. The maximum atomic E-state index is 12.9. The summed E-state index contributed by atoms with van der Waals surface area (Å²) < 4.78 is 6.33. The van der Waals surface area contributed by atoms with Gasteiger partial charge in [-0.25, -0.2) is 0 Å². The molecule has 1 amide bonds. The van der Waals surface area contributed by atoms with Crippen LogP contribution in [0.4, 0.5) is 5.69 Å². The van der Waals surface area contributed by atoms with Crippen molar-refractivity contribution in [3.05, 3.63) is 67.7 Å². The number of non-ortho nitro benzene ring substituents is 1. The number of piperidine rings is 1. The highest BCUT2D eigenvalue weighted by atomic mass is 35.5. The molecule has 7 nitrogen and oxygen atoms in total. The Balaban J connectivity index is 1.53. The molecule has 8 heteroatoms. The quantitative estimate of drug-likeness (QED) is 0.518. The van der Waals surface area contributed by atoms with Crippen molar-refractivity contribution < 1.29 is 19.2 Å². The fourth-order valence-corrected chi connectivity index (χ4v) is 4.57. The molecule has 0 unspecified atom stereocenters. The summed E-state index contributed by atoms with van der Waals surface area (Å²) in [6.45, 7) is 4.64. The van der Waals surface area contributed by atoms with Crippen molar-refractivity contribution in [2.45, 2.75) is 38.7 Å². The molecule has 1 fully saturated rings. The molecule has 0 radical (unpaired) electrons. The van der Waals surface area contributed by atoms with E-state index in [9.17, 15) is 19.7 Å². The van der Waals surface area contributed by atoms with E-state index < -0.39 is 10.5 Å². The summed E-state index contributed by atoms with van der Waals surface area (Å²) in [7, 11) is 0. The van der Waals surface area contributed by atoms with Gasteiger partial charge in [0.2, 0.25) is 0 Å². The van der Waals surface area contributed by atoms with E-state index in [1.807, 2.05) is 26.0 Å². The van der Waals surface area contributed by atoms with E-state index in [0.29, 0.717) is 37.2 Å². The Hall–Kier alpha value is -2.93. The number of ketones is 1. The average Bonchev–Trinajstić information content (AvgIpc) is 2.67. The van der Waals surface area contributed by atoms with Crippen molar-refractivity contribution in [2.24, 2.45) is 0 Å². The van der Waals surface area contributed by atoms with Crippen molar-refractivity contribution in [1.82, 2.24) is 4.90 Å². The number of aryl methyl sites for hydroxylation is 2. The molecule has 0 aliphatic carbocycles. The van der Waals surface area contributed by atoms with E-state index in [1.165, 1.54) is 18.2 Å². The molecule has 0 atom stereocenters. The number of likely N-dealkylation sites (tertiary alicyclic amines) is 1. The van der Waals surface area contributed by atoms with E-state index in [4.69, 9.17) is 16.3 Å². The molecule has 2 aliphatic heterocycles. The van der Waals surface area contributed by atoms with Crippen molar-refractivity contribution in [3.8, 4) is 5.75 Å². The molecule has 0 bridgehead atoms. The highest BCUT2D eigenvalue weighted by molar-refractivity contribution is 6.33. The number of carbonyl (C=O) groups is 2. The molecular weight excluding hydrogens is 408 g/mol. The van der Waals surface area contributed by atoms with Crippen LogP contribution >= 0.6 is 11.6 Å². The lowest BCUT2D eigenvalue weighted by Crippen LogP contribution is -2.52. The maximum Gasteiger partial charge on any atom is 0.270 e. The van der Waals surface area contributed by atoms with Crippen LogP contribution in [0.3, 0.4) is 0 Å². The van der Waals surface area contributed by atoms with Crippen molar-refractivity contribution in [2.75, 3.05) is 13.1 Å². The Kier molecular flexibility index (Phi) is 5.02. The minimum absolute atomic E-state index is 0.0651. The van der Waals surface area contributed by atoms with Gasteiger partial charge in [0.25, 0.3) is 11.6 Å². The number of amides is 1. The molecule has 156 valence electrons. The average molecular weight is 429 g/mol. The number of fused-ring (bicyclic) bond motifs is 1. The van der Waals surface area contributed by atoms with Crippen LogP contribution in [0.5, 0.6) is 5.75 Å². The summed E-state index contributed by atoms with van der Waals surface area (Å²) in [5, 5.41) is 11.2. The first-order valence-corrected chi connectivity index (χ1v) is 10.1. The van der Waals surface area contributed by atoms with E-state index in [1.54, 1.807) is 4.90 Å². The van der Waals surface area contributed by atoms with Gasteiger partial charge in [-0.1, -0.05) is 17.7 Å². The Morgan fingerprint density at radius 2 is 1.90 bits per heavy atom. The standard InChI is InChI=1S/C22H21ClN2O5/c1-13-9-14(2)20-18(26)12-22(30-19(20)10-13)5-7-24(8-6-22)21(27)16-11-15(25(28)29)3-4-17(16)23/h3-4,9-11H,5-8,12H2,1-2H3. The summed E-state index contributed by atoms with van der Waals surface area (Å²) in [4.78, 5) is 37.9. The third-order valence-corrected chi connectivity index (χ3v) is 6.21. The van der Waals surface area contributed by atoms with Crippen LogP contribution in [0.15, 0.2) is 30.3 Å². The number of ether oxygens (including phenoxy) is 1. The Morgan fingerprint density at radius 3 is 2.57 bits per heavy atom. The SMILES string of the molecule is Cc1cc(C)c2c(c1)OC1(CCN(C(=O)c3cc([N+](=O)[O-])ccc3Cl)CC1)CC2=O. The normalized spacial score (nSPS) is 17.4. The Bertz CT molecular complexity index is 1070. The third-order valence-electron chi connectivity index (χ3n) is 5.88. The lowest BCUT2D eigenvalue weighted by Gasteiger charge is -2.44. The molecule has 1 saturated heterocycles. The molecule has 2 aromatic rings. The number of benzene rings is 2. The van der Waals surface area contributed by atoms with Crippen LogP contribution in [0.1, 0.15) is 51.1 Å². The smallest absolute Gasteiger partial charge is 0.270 e. The molecule has 0 saturated carbocycles. The Labute approximate surface area is 178 Å². The summed E-state index contributed by atoms with van der Waals surface area (Å²) in [5.74, 6) is 0.327. The topological polar surface area (TPSA) is 89.8 Å². The minimum Gasteiger partial charge on any atom is -0.486 e. The van der Waals surface area contributed by atoms with E-state index in [2.05, 4.69) is 0 Å². The molecule has 30 heavy (non-hydrogen) atoms. The van der Waals surface area contributed by atoms with Crippen LogP contribution in [0.25, 0.3) is 0 Å². The number of nitro benzene ring substituents is 1. The van der Waals surface area contributed by atoms with Gasteiger partial charge in [-0.2, -0.15) is 0 Å². The van der Waals surface area contributed by atoms with Crippen LogP contribution < -0.4 is 4.74 Å².